The van der Waals surface area contributed by atoms with Gasteiger partial charge in [0.1, 0.15) is 8.07 Å². The summed E-state index contributed by atoms with van der Waals surface area (Å²) in [5, 5.41) is 3.17. The van der Waals surface area contributed by atoms with Crippen molar-refractivity contribution in [2.45, 2.75) is 97.2 Å². The van der Waals surface area contributed by atoms with Gasteiger partial charge in [-0.3, -0.25) is 0 Å². The Balaban J connectivity index is 1.42. The molecule has 5 heterocycles. The third-order valence-electron chi connectivity index (χ3n) is 12.7. The van der Waals surface area contributed by atoms with Gasteiger partial charge in [0.15, 0.2) is 0 Å². The molecule has 244 valence electrons. The molecule has 3 nitrogen and oxygen atoms in total. The normalized spacial score (nSPS) is 22.1. The third-order valence-corrected chi connectivity index (χ3v) is 16.2. The highest BCUT2D eigenvalue weighted by molar-refractivity contribution is 7.10. The van der Waals surface area contributed by atoms with E-state index in [-0.39, 0.29) is 12.1 Å². The van der Waals surface area contributed by atoms with Gasteiger partial charge in [0.05, 0.1) is 0 Å². The number of hydrogen-bond donors (Lipinski definition) is 0. The summed E-state index contributed by atoms with van der Waals surface area (Å²) in [6.07, 6.45) is 3.24. The van der Waals surface area contributed by atoms with E-state index >= 15 is 0 Å². The van der Waals surface area contributed by atoms with Gasteiger partial charge in [-0.2, -0.15) is 0 Å². The van der Waals surface area contributed by atoms with Crippen LogP contribution in [-0.4, -0.2) is 34.0 Å². The molecule has 4 aromatic rings. The zero-order chi connectivity index (χ0) is 33.3. The Hall–Kier alpha value is -3.54. The number of fused-ring (bicyclic) bond motifs is 5. The average molecular weight is 649 g/mol. The lowest BCUT2D eigenvalue weighted by molar-refractivity contribution is 0.0853. The molecule has 4 aromatic carbocycles. The lowest BCUT2D eigenvalue weighted by atomic mass is 9.32. The molecular formula is C43H49BN2OSi. The number of benzene rings is 4. The standard InChI is InChI=1S/C43H49BN2OSi/c1-9-28-14-16-32(17-15-28)46-37-23-30(29-18-20-47-21-19-29)22-36-40(37)44(39-33-12-10-11-13-38(33)48(7,8)42(39)46)35-25-31(43(4,5)6)24-34-26(2)27(3)45(36)41(34)35/h10-17,22-27,29H,9,18-21H2,1-8H3. The largest absolute Gasteiger partial charge is 0.381 e. The van der Waals surface area contributed by atoms with E-state index in [4.69, 9.17) is 4.74 Å². The van der Waals surface area contributed by atoms with Gasteiger partial charge in [-0.05, 0) is 111 Å². The summed E-state index contributed by atoms with van der Waals surface area (Å²) in [5.41, 5.74) is 17.7. The van der Waals surface area contributed by atoms with E-state index < -0.39 is 8.07 Å². The molecule has 1 fully saturated rings. The van der Waals surface area contributed by atoms with Crippen molar-refractivity contribution in [1.29, 1.82) is 0 Å². The van der Waals surface area contributed by atoms with Crippen molar-refractivity contribution < 1.29 is 4.74 Å². The molecule has 48 heavy (non-hydrogen) atoms. The fourth-order valence-electron chi connectivity index (χ4n) is 9.85. The molecular weight excluding hydrogens is 599 g/mol. The summed E-state index contributed by atoms with van der Waals surface area (Å²) in [7, 11) is -2.11. The minimum absolute atomic E-state index is 0.0679. The molecule has 0 spiro atoms. The second kappa shape index (κ2) is 10.5. The first-order valence-corrected chi connectivity index (χ1v) is 21.5. The first kappa shape index (κ1) is 30.5. The van der Waals surface area contributed by atoms with E-state index in [2.05, 4.69) is 137 Å². The Morgan fingerprint density at radius 2 is 1.60 bits per heavy atom. The van der Waals surface area contributed by atoms with Gasteiger partial charge in [-0.25, -0.2) is 0 Å². The average Bonchev–Trinajstić information content (AvgIpc) is 3.49. The van der Waals surface area contributed by atoms with Crippen LogP contribution in [0.15, 0.2) is 78.1 Å². The molecule has 5 heteroatoms. The quantitative estimate of drug-likeness (QED) is 0.207. The summed E-state index contributed by atoms with van der Waals surface area (Å²) < 4.78 is 5.89. The van der Waals surface area contributed by atoms with Crippen LogP contribution in [0.4, 0.5) is 22.7 Å². The maximum absolute atomic E-state index is 5.89. The van der Waals surface area contributed by atoms with Gasteiger partial charge in [0.2, 0.25) is 0 Å². The Bertz CT molecular complexity index is 2020. The van der Waals surface area contributed by atoms with E-state index in [1.807, 2.05) is 0 Å². The Kier molecular flexibility index (Phi) is 6.66. The fraction of sp³-hybridized carbons (Fsp3) is 0.395. The van der Waals surface area contributed by atoms with Crippen molar-refractivity contribution in [3.05, 3.63) is 106 Å². The van der Waals surface area contributed by atoms with Crippen LogP contribution in [0.3, 0.4) is 0 Å². The highest BCUT2D eigenvalue weighted by atomic mass is 28.3. The number of ether oxygens (including phenoxy) is 1. The van der Waals surface area contributed by atoms with Gasteiger partial charge in [0.25, 0.3) is 6.71 Å². The van der Waals surface area contributed by atoms with E-state index in [1.54, 1.807) is 16.0 Å². The van der Waals surface area contributed by atoms with Gasteiger partial charge >= 0.3 is 0 Å². The maximum atomic E-state index is 5.89. The summed E-state index contributed by atoms with van der Waals surface area (Å²) in [4.78, 5) is 5.52. The number of nitrogens with zero attached hydrogens (tertiary/aromatic N) is 2. The van der Waals surface area contributed by atoms with Crippen LogP contribution in [0.1, 0.15) is 94.0 Å². The van der Waals surface area contributed by atoms with E-state index in [1.165, 1.54) is 61.5 Å². The number of aryl methyl sites for hydroxylation is 1. The van der Waals surface area contributed by atoms with Gasteiger partial charge in [0, 0.05) is 53.2 Å². The van der Waals surface area contributed by atoms with Crippen LogP contribution in [0.2, 0.25) is 13.1 Å². The highest BCUT2D eigenvalue weighted by Crippen LogP contribution is 2.54. The zero-order valence-electron chi connectivity index (χ0n) is 30.1. The summed E-state index contributed by atoms with van der Waals surface area (Å²) in [6, 6.07) is 29.8. The predicted molar refractivity (Wildman–Crippen MR) is 208 cm³/mol. The maximum Gasteiger partial charge on any atom is 0.251 e. The molecule has 5 aliphatic heterocycles. The topological polar surface area (TPSA) is 15.7 Å². The van der Waals surface area contributed by atoms with Crippen LogP contribution in [0, 0.1) is 0 Å². The van der Waals surface area contributed by atoms with Gasteiger partial charge < -0.3 is 14.5 Å². The molecule has 0 N–H and O–H groups in total. The Morgan fingerprint density at radius 3 is 2.31 bits per heavy atom. The van der Waals surface area contributed by atoms with Crippen molar-refractivity contribution >= 4 is 59.1 Å². The molecule has 0 amide bonds. The zero-order valence-corrected chi connectivity index (χ0v) is 31.1. The highest BCUT2D eigenvalue weighted by Gasteiger charge is 2.55. The molecule has 2 unspecified atom stereocenters. The Morgan fingerprint density at radius 1 is 0.896 bits per heavy atom. The first-order chi connectivity index (χ1) is 23.0. The van der Waals surface area contributed by atoms with E-state index in [0.29, 0.717) is 17.9 Å². The van der Waals surface area contributed by atoms with Crippen LogP contribution in [0.25, 0.3) is 5.47 Å². The SMILES string of the molecule is CCc1ccc(N2C3=C(B4c5cc(C(C)(C)C)cc6c5N(c5cc(C7CCOCC7)cc2c54)C(C)C6C)c2ccccc2[Si]3(C)C)cc1. The van der Waals surface area contributed by atoms with Crippen LogP contribution in [0.5, 0.6) is 0 Å². The van der Waals surface area contributed by atoms with Crippen molar-refractivity contribution in [1.82, 2.24) is 0 Å². The predicted octanol–water partition coefficient (Wildman–Crippen LogP) is 8.58. The van der Waals surface area contributed by atoms with Crippen molar-refractivity contribution in [3.63, 3.8) is 0 Å². The third kappa shape index (κ3) is 4.10. The van der Waals surface area contributed by atoms with Crippen LogP contribution < -0.4 is 25.9 Å². The van der Waals surface area contributed by atoms with Gasteiger partial charge in [-0.1, -0.05) is 96.2 Å². The van der Waals surface area contributed by atoms with Gasteiger partial charge in [-0.15, -0.1) is 0 Å². The molecule has 1 saturated heterocycles. The number of hydrogen-bond acceptors (Lipinski definition) is 3. The van der Waals surface area contributed by atoms with Crippen LogP contribution >= 0.6 is 0 Å². The molecule has 0 aromatic heterocycles. The smallest absolute Gasteiger partial charge is 0.251 e. The van der Waals surface area contributed by atoms with Crippen LogP contribution in [-0.2, 0) is 16.6 Å². The van der Waals surface area contributed by atoms with E-state index in [9.17, 15) is 0 Å². The monoisotopic (exact) mass is 648 g/mol. The second-order valence-electron chi connectivity index (χ2n) is 16.7. The fourth-order valence-corrected chi connectivity index (χ4v) is 13.3. The van der Waals surface area contributed by atoms with E-state index in [0.717, 1.165) is 32.5 Å². The Labute approximate surface area is 289 Å². The lowest BCUT2D eigenvalue weighted by Gasteiger charge is -2.46. The number of rotatable bonds is 3. The van der Waals surface area contributed by atoms with Crippen molar-refractivity contribution in [2.24, 2.45) is 0 Å². The lowest BCUT2D eigenvalue weighted by Crippen LogP contribution is -2.58. The molecule has 5 aliphatic rings. The minimum Gasteiger partial charge on any atom is -0.381 e. The minimum atomic E-state index is -2.11. The number of anilines is 4. The molecule has 2 atom stereocenters. The van der Waals surface area contributed by atoms with Crippen molar-refractivity contribution in [3.8, 4) is 0 Å². The summed E-state index contributed by atoms with van der Waals surface area (Å²) in [6.45, 7) is 21.5. The van der Waals surface area contributed by atoms with Crippen molar-refractivity contribution in [2.75, 3.05) is 23.0 Å². The molecule has 0 saturated carbocycles. The molecule has 0 aliphatic carbocycles. The summed E-state index contributed by atoms with van der Waals surface area (Å²) in [5.74, 6) is 0.973. The first-order valence-electron chi connectivity index (χ1n) is 18.5. The second-order valence-corrected chi connectivity index (χ2v) is 21.0. The molecule has 0 bridgehead atoms. The summed E-state index contributed by atoms with van der Waals surface area (Å²) >= 11 is 0. The molecule has 0 radical (unpaired) electrons. The molecule has 9 rings (SSSR count).